The van der Waals surface area contributed by atoms with E-state index in [0.717, 1.165) is 0 Å². The number of benzene rings is 1. The van der Waals surface area contributed by atoms with E-state index in [2.05, 4.69) is 10.0 Å². The van der Waals surface area contributed by atoms with Crippen molar-refractivity contribution in [3.05, 3.63) is 39.0 Å². The predicted octanol–water partition coefficient (Wildman–Crippen LogP) is 3.23. The molecule has 1 aromatic rings. The number of carbonyl (C=O) groups excluding carboxylic acids is 1. The summed E-state index contributed by atoms with van der Waals surface area (Å²) in [5.74, 6) is -0.885. The highest BCUT2D eigenvalue weighted by Crippen LogP contribution is 2.27. The summed E-state index contributed by atoms with van der Waals surface area (Å²) in [6, 6.07) is 2.47. The van der Waals surface area contributed by atoms with Crippen molar-refractivity contribution < 1.29 is 9.18 Å². The highest BCUT2D eigenvalue weighted by Gasteiger charge is 2.09. The minimum Gasteiger partial charge on any atom is -0.298 e. The molecule has 0 atom stereocenters. The molecule has 6 heteroatoms. The molecule has 0 N–H and O–H groups in total. The Balaban J connectivity index is 3.38. The normalized spacial score (nSPS) is 9.08. The minimum absolute atomic E-state index is 0.0241. The fraction of sp³-hybridized carbons (Fsp3) is 0. The molecule has 0 aromatic heterocycles. The van der Waals surface area contributed by atoms with Crippen molar-refractivity contribution in [3.8, 4) is 0 Å². The van der Waals surface area contributed by atoms with Crippen LogP contribution in [0.3, 0.4) is 0 Å². The molecule has 13 heavy (non-hydrogen) atoms. The summed E-state index contributed by atoms with van der Waals surface area (Å²) in [6.45, 7) is 0. The van der Waals surface area contributed by atoms with Crippen LogP contribution < -0.4 is 0 Å². The van der Waals surface area contributed by atoms with Crippen molar-refractivity contribution >= 4 is 23.6 Å². The van der Waals surface area contributed by atoms with Gasteiger partial charge in [0.25, 0.3) is 0 Å². The summed E-state index contributed by atoms with van der Waals surface area (Å²) in [5, 5.41) is 2.71. The SMILES string of the molecule is [N-]=[N+]=Nc1ccc(C=O)c(Cl)c1F. The number of hydrogen-bond acceptors (Lipinski definition) is 2. The molecule has 0 heterocycles. The molecule has 0 spiro atoms. The summed E-state index contributed by atoms with van der Waals surface area (Å²) >= 11 is 5.44. The first-order valence-corrected chi connectivity index (χ1v) is 3.56. The molecular formula is C7H3ClFN3O. The van der Waals surface area contributed by atoms with Gasteiger partial charge in [-0.3, -0.25) is 4.79 Å². The Morgan fingerprint density at radius 2 is 2.31 bits per heavy atom. The first-order chi connectivity index (χ1) is 6.20. The van der Waals surface area contributed by atoms with E-state index in [1.165, 1.54) is 12.1 Å². The highest BCUT2D eigenvalue weighted by atomic mass is 35.5. The van der Waals surface area contributed by atoms with Gasteiger partial charge >= 0.3 is 0 Å². The van der Waals surface area contributed by atoms with Crippen molar-refractivity contribution in [2.75, 3.05) is 0 Å². The number of hydrogen-bond donors (Lipinski definition) is 0. The van der Waals surface area contributed by atoms with Gasteiger partial charge in [0.05, 0.1) is 10.7 Å². The second-order valence-corrected chi connectivity index (χ2v) is 2.49. The van der Waals surface area contributed by atoms with Gasteiger partial charge in [-0.05, 0) is 17.7 Å². The average molecular weight is 200 g/mol. The third-order valence-electron chi connectivity index (χ3n) is 1.37. The maximum Gasteiger partial charge on any atom is 0.152 e. The summed E-state index contributed by atoms with van der Waals surface area (Å²) in [4.78, 5) is 12.7. The molecule has 1 rings (SSSR count). The predicted molar refractivity (Wildman–Crippen MR) is 45.6 cm³/mol. The van der Waals surface area contributed by atoms with Crippen molar-refractivity contribution in [1.82, 2.24) is 0 Å². The summed E-state index contributed by atoms with van der Waals surface area (Å²) in [5.41, 5.74) is 7.84. The lowest BCUT2D eigenvalue weighted by molar-refractivity contribution is 0.112. The van der Waals surface area contributed by atoms with E-state index in [1.54, 1.807) is 0 Å². The zero-order valence-corrected chi connectivity index (χ0v) is 6.99. The van der Waals surface area contributed by atoms with Gasteiger partial charge in [0.15, 0.2) is 12.1 Å². The lowest BCUT2D eigenvalue weighted by Crippen LogP contribution is -1.86. The second-order valence-electron chi connectivity index (χ2n) is 2.11. The first-order valence-electron chi connectivity index (χ1n) is 3.19. The van der Waals surface area contributed by atoms with Crippen LogP contribution in [-0.2, 0) is 0 Å². The van der Waals surface area contributed by atoms with Crippen LogP contribution in [0.1, 0.15) is 10.4 Å². The molecule has 66 valence electrons. The molecule has 4 nitrogen and oxygen atoms in total. The molecule has 0 fully saturated rings. The molecule has 1 aromatic carbocycles. The van der Waals surface area contributed by atoms with Crippen molar-refractivity contribution in [2.24, 2.45) is 5.11 Å². The maximum absolute atomic E-state index is 13.1. The molecule has 0 aliphatic rings. The molecular weight excluding hydrogens is 197 g/mol. The number of nitrogens with zero attached hydrogens (tertiary/aromatic N) is 3. The van der Waals surface area contributed by atoms with Crippen molar-refractivity contribution in [1.29, 1.82) is 0 Å². The van der Waals surface area contributed by atoms with Crippen LogP contribution in [-0.4, -0.2) is 6.29 Å². The van der Waals surface area contributed by atoms with Crippen LogP contribution in [0, 0.1) is 5.82 Å². The van der Waals surface area contributed by atoms with Gasteiger partial charge in [0.1, 0.15) is 0 Å². The number of carbonyl (C=O) groups is 1. The van der Waals surface area contributed by atoms with Gasteiger partial charge in [-0.1, -0.05) is 16.7 Å². The summed E-state index contributed by atoms with van der Waals surface area (Å²) in [6.07, 6.45) is 0.422. The van der Waals surface area contributed by atoms with E-state index in [4.69, 9.17) is 17.1 Å². The van der Waals surface area contributed by atoms with Crippen LogP contribution in [0.4, 0.5) is 10.1 Å². The number of rotatable bonds is 2. The van der Waals surface area contributed by atoms with Gasteiger partial charge < -0.3 is 0 Å². The third kappa shape index (κ3) is 1.77. The molecule has 0 saturated heterocycles. The number of azide groups is 1. The molecule has 0 aliphatic heterocycles. The Labute approximate surface area is 77.6 Å². The van der Waals surface area contributed by atoms with Crippen molar-refractivity contribution in [3.63, 3.8) is 0 Å². The van der Waals surface area contributed by atoms with E-state index >= 15 is 0 Å². The summed E-state index contributed by atoms with van der Waals surface area (Å²) < 4.78 is 13.1. The maximum atomic E-state index is 13.1. The minimum atomic E-state index is -0.885. The third-order valence-corrected chi connectivity index (χ3v) is 1.76. The molecule has 0 unspecified atom stereocenters. The molecule has 0 aliphatic carbocycles. The topological polar surface area (TPSA) is 65.8 Å². The van der Waals surface area contributed by atoms with Gasteiger partial charge in [-0.15, -0.1) is 0 Å². The lowest BCUT2D eigenvalue weighted by Gasteiger charge is -1.99. The number of halogens is 2. The zero-order valence-electron chi connectivity index (χ0n) is 6.24. The molecule has 0 radical (unpaired) electrons. The first kappa shape index (κ1) is 9.51. The van der Waals surface area contributed by atoms with E-state index in [0.29, 0.717) is 6.29 Å². The largest absolute Gasteiger partial charge is 0.298 e. The monoisotopic (exact) mass is 199 g/mol. The van der Waals surface area contributed by atoms with Crippen LogP contribution in [0.5, 0.6) is 0 Å². The van der Waals surface area contributed by atoms with E-state index in [9.17, 15) is 9.18 Å². The van der Waals surface area contributed by atoms with Crippen molar-refractivity contribution in [2.45, 2.75) is 0 Å². The Kier molecular flexibility index (Phi) is 2.84. The smallest absolute Gasteiger partial charge is 0.152 e. The molecule has 0 amide bonds. The van der Waals surface area contributed by atoms with Crippen LogP contribution in [0.15, 0.2) is 17.2 Å². The summed E-state index contributed by atoms with van der Waals surface area (Å²) in [7, 11) is 0. The van der Waals surface area contributed by atoms with Crippen LogP contribution in [0.2, 0.25) is 5.02 Å². The zero-order chi connectivity index (χ0) is 9.84. The second kappa shape index (κ2) is 3.89. The standard InChI is InChI=1S/C7H3ClFN3O/c8-6-4(3-13)1-2-5(7(6)9)11-12-10/h1-3H. The number of aldehydes is 1. The average Bonchev–Trinajstić information content (AvgIpc) is 2.14. The van der Waals surface area contributed by atoms with Gasteiger partial charge in [-0.25, -0.2) is 4.39 Å². The lowest BCUT2D eigenvalue weighted by atomic mass is 10.2. The van der Waals surface area contributed by atoms with Crippen LogP contribution in [0.25, 0.3) is 10.4 Å². The quantitative estimate of drug-likeness (QED) is 0.312. The Hall–Kier alpha value is -1.58. The van der Waals surface area contributed by atoms with E-state index < -0.39 is 5.82 Å². The Morgan fingerprint density at radius 1 is 1.62 bits per heavy atom. The van der Waals surface area contributed by atoms with E-state index in [-0.39, 0.29) is 16.3 Å². The van der Waals surface area contributed by atoms with E-state index in [1.807, 2.05) is 0 Å². The van der Waals surface area contributed by atoms with Gasteiger partial charge in [-0.2, -0.15) is 0 Å². The Bertz CT molecular complexity index is 401. The van der Waals surface area contributed by atoms with Gasteiger partial charge in [0, 0.05) is 10.5 Å². The fourth-order valence-corrected chi connectivity index (χ4v) is 0.975. The molecule has 0 saturated carbocycles. The highest BCUT2D eigenvalue weighted by molar-refractivity contribution is 6.33. The molecule has 0 bridgehead atoms. The van der Waals surface area contributed by atoms with Crippen LogP contribution >= 0.6 is 11.6 Å². The fourth-order valence-electron chi connectivity index (χ4n) is 0.771. The van der Waals surface area contributed by atoms with Gasteiger partial charge in [0.2, 0.25) is 0 Å². The Morgan fingerprint density at radius 3 is 2.85 bits per heavy atom.